The molecule has 3 atom stereocenters. The van der Waals surface area contributed by atoms with Gasteiger partial charge >= 0.3 is 11.9 Å². The molecule has 13 heteroatoms. The van der Waals surface area contributed by atoms with E-state index in [2.05, 4.69) is 10.3 Å². The number of carbonyl (C=O) groups is 4. The normalized spacial score (nSPS) is 14.0. The van der Waals surface area contributed by atoms with E-state index in [-0.39, 0.29) is 23.0 Å². The second kappa shape index (κ2) is 12.9. The number of hydrogen-bond donors (Lipinski definition) is 5. The molecule has 12 nitrogen and oxygen atoms in total. The first-order chi connectivity index (χ1) is 18.9. The highest BCUT2D eigenvalue weighted by Crippen LogP contribution is 2.19. The number of carboxylic acid groups (broad SMARTS) is 2. The number of rotatable bonds is 13. The number of nitrogens with two attached hydrogens (primary N) is 1. The quantitative estimate of drug-likeness (QED) is 0.199. The summed E-state index contributed by atoms with van der Waals surface area (Å²) >= 11 is 0. The van der Waals surface area contributed by atoms with Gasteiger partial charge in [0.05, 0.1) is 17.2 Å². The van der Waals surface area contributed by atoms with Crippen LogP contribution in [0.1, 0.15) is 30.1 Å². The molecular weight excluding hydrogens is 528 g/mol. The highest BCUT2D eigenvalue weighted by atomic mass is 32.2. The number of sulfone groups is 1. The molecule has 39 heavy (non-hydrogen) atoms. The van der Waals surface area contributed by atoms with E-state index in [9.17, 15) is 32.7 Å². The van der Waals surface area contributed by atoms with Crippen molar-refractivity contribution < 1.29 is 39.2 Å². The molecule has 3 aromatic rings. The summed E-state index contributed by atoms with van der Waals surface area (Å²) < 4.78 is 34.8. The molecule has 0 aliphatic rings. The first-order valence-corrected chi connectivity index (χ1v) is 13.6. The van der Waals surface area contributed by atoms with Crippen LogP contribution in [0.4, 0.5) is 0 Å². The minimum atomic E-state index is -4.22. The van der Waals surface area contributed by atoms with Gasteiger partial charge in [0, 0.05) is 18.0 Å². The van der Waals surface area contributed by atoms with Gasteiger partial charge in [-0.25, -0.2) is 13.2 Å². The molecule has 6 N–H and O–H groups in total. The van der Waals surface area contributed by atoms with E-state index in [4.69, 9.17) is 12.3 Å². The summed E-state index contributed by atoms with van der Waals surface area (Å²) in [6.45, 7) is 0. The van der Waals surface area contributed by atoms with E-state index < -0.39 is 69.6 Å². The first-order valence-electron chi connectivity index (χ1n) is 12.2. The molecule has 1 heterocycles. The lowest BCUT2D eigenvalue weighted by molar-refractivity contribution is -0.142. The number of aliphatic carboxylic acids is 2. The molecule has 3 rings (SSSR count). The van der Waals surface area contributed by atoms with Gasteiger partial charge in [-0.15, -0.1) is 0 Å². The van der Waals surface area contributed by atoms with Gasteiger partial charge < -0.3 is 26.6 Å². The number of amides is 2. The summed E-state index contributed by atoms with van der Waals surface area (Å²) in [5.74, 6) is -6.73. The summed E-state index contributed by atoms with van der Waals surface area (Å²) in [4.78, 5) is 53.0. The lowest BCUT2D eigenvalue weighted by Gasteiger charge is -2.22. The zero-order chi connectivity index (χ0) is 29.4. The van der Waals surface area contributed by atoms with Crippen molar-refractivity contribution in [2.75, 3.05) is 5.75 Å². The molecule has 0 aliphatic carbocycles. The Labute approximate surface area is 225 Å². The maximum atomic E-state index is 13.3. The second-order valence-electron chi connectivity index (χ2n) is 8.75. The van der Waals surface area contributed by atoms with E-state index in [0.717, 1.165) is 5.39 Å². The van der Waals surface area contributed by atoms with E-state index in [1.165, 1.54) is 18.3 Å². The van der Waals surface area contributed by atoms with Crippen molar-refractivity contribution in [1.82, 2.24) is 15.6 Å². The molecule has 0 fully saturated rings. The summed E-state index contributed by atoms with van der Waals surface area (Å²) in [6, 6.07) is 11.3. The van der Waals surface area contributed by atoms with E-state index in [0.29, 0.717) is 5.39 Å². The van der Waals surface area contributed by atoms with Crippen molar-refractivity contribution in [3.8, 4) is 0 Å². The molecule has 2 aromatic carbocycles. The molecule has 1 unspecified atom stereocenters. The zero-order valence-corrected chi connectivity index (χ0v) is 21.5. The predicted molar refractivity (Wildman–Crippen MR) is 141 cm³/mol. The van der Waals surface area contributed by atoms with E-state index >= 15 is 0 Å². The monoisotopic (exact) mass is 557 g/mol. The van der Waals surface area contributed by atoms with Crippen molar-refractivity contribution in [1.29, 1.82) is 0 Å². The van der Waals surface area contributed by atoms with Gasteiger partial charge in [-0.3, -0.25) is 19.4 Å². The zero-order valence-electron chi connectivity index (χ0n) is 21.6. The van der Waals surface area contributed by atoms with Gasteiger partial charge in [0.2, 0.25) is 11.8 Å². The van der Waals surface area contributed by atoms with Crippen molar-refractivity contribution in [3.05, 3.63) is 78.1 Å². The Morgan fingerprint density at radius 2 is 1.64 bits per heavy atom. The van der Waals surface area contributed by atoms with Crippen LogP contribution in [0.5, 0.6) is 0 Å². The van der Waals surface area contributed by atoms with E-state index in [1.807, 2.05) is 0 Å². The maximum Gasteiger partial charge on any atom is 0.330 e. The molecule has 0 bridgehead atoms. The molecule has 0 saturated carbocycles. The number of carboxylic acids is 2. The smallest absolute Gasteiger partial charge is 0.330 e. The van der Waals surface area contributed by atoms with Crippen LogP contribution in [0.2, 0.25) is 1.41 Å². The van der Waals surface area contributed by atoms with Crippen LogP contribution in [0.25, 0.3) is 10.8 Å². The molecular formula is C26H28N4O8S. The van der Waals surface area contributed by atoms with Crippen molar-refractivity contribution >= 4 is 44.4 Å². The largest absolute Gasteiger partial charge is 0.480 e. The average molecular weight is 558 g/mol. The molecule has 2 amide bonds. The molecule has 206 valence electrons. The summed E-state index contributed by atoms with van der Waals surface area (Å²) in [6.07, 6.45) is 0.500. The summed E-state index contributed by atoms with van der Waals surface area (Å²) in [5.41, 5.74) is 5.79. The standard InChI is InChI=1S/C26H28N4O8S/c27-19(25(33)34)10-11-22(31)29-21(24(32)30-23(26(35)36)17-7-2-1-3-8-17)15-39(37,38)14-20-18-9-5-4-6-16(18)12-13-28-20/h1-9,12-13,19,21,23H,10-11,14-15,27H2,(H,29,31)(H,30,32)(H,33,34)(H,35,36)/t19-,21-,23?/m0/s1/i/hD. The Morgan fingerprint density at radius 3 is 2.31 bits per heavy atom. The Kier molecular flexibility index (Phi) is 9.18. The maximum absolute atomic E-state index is 13.3. The molecule has 0 radical (unpaired) electrons. The number of carbonyl (C=O) groups excluding carboxylic acids is 2. The first kappa shape index (κ1) is 27.7. The lowest BCUT2D eigenvalue weighted by atomic mass is 10.1. The number of pyridine rings is 1. The van der Waals surface area contributed by atoms with Crippen LogP contribution in [-0.2, 0) is 34.8 Å². The van der Waals surface area contributed by atoms with Gasteiger partial charge in [0.1, 0.15) is 12.1 Å². The van der Waals surface area contributed by atoms with Crippen LogP contribution in [0.15, 0.2) is 66.9 Å². The van der Waals surface area contributed by atoms with Gasteiger partial charge in [-0.05, 0) is 23.4 Å². The third-order valence-corrected chi connectivity index (χ3v) is 7.32. The topological polar surface area (TPSA) is 206 Å². The Morgan fingerprint density at radius 1 is 0.974 bits per heavy atom. The predicted octanol–water partition coefficient (Wildman–Crippen LogP) is 0.769. The number of hydrogen-bond acceptors (Lipinski definition) is 8. The fourth-order valence-corrected chi connectivity index (χ4v) is 5.26. The van der Waals surface area contributed by atoms with Crippen LogP contribution < -0.4 is 16.4 Å². The molecule has 1 aromatic heterocycles. The molecule has 0 aliphatic heterocycles. The van der Waals surface area contributed by atoms with Crippen molar-refractivity contribution in [3.63, 3.8) is 0 Å². The fraction of sp³-hybridized carbons (Fsp3) is 0.269. The Balaban J connectivity index is 1.90. The average Bonchev–Trinajstić information content (AvgIpc) is 2.92. The molecule has 0 saturated heterocycles. The summed E-state index contributed by atoms with van der Waals surface area (Å²) in [5, 5.41) is 22.3. The van der Waals surface area contributed by atoms with Crippen molar-refractivity contribution in [2.45, 2.75) is 36.7 Å². The Hall–Kier alpha value is -4.36. The van der Waals surface area contributed by atoms with Gasteiger partial charge in [0.15, 0.2) is 17.3 Å². The summed E-state index contributed by atoms with van der Waals surface area (Å²) in [7, 11) is -4.22. The van der Waals surface area contributed by atoms with Crippen LogP contribution >= 0.6 is 0 Å². The minimum Gasteiger partial charge on any atom is -0.480 e. The van der Waals surface area contributed by atoms with Crippen LogP contribution in [-0.4, -0.2) is 65.2 Å². The highest BCUT2D eigenvalue weighted by molar-refractivity contribution is 7.90. The highest BCUT2D eigenvalue weighted by Gasteiger charge is 2.32. The molecule has 0 spiro atoms. The number of fused-ring (bicyclic) bond motifs is 1. The second-order valence-corrected chi connectivity index (χ2v) is 10.9. The third kappa shape index (κ3) is 8.32. The number of benzene rings is 2. The van der Waals surface area contributed by atoms with Gasteiger partial charge in [-0.2, -0.15) is 0 Å². The SMILES string of the molecule is [2H]N(C(=O)CC[C@H](N)C(=O)O)[C@@H](CS(=O)(=O)Cc1nccc2ccccc12)C(=O)NC(C(=O)O)c1ccccc1. The van der Waals surface area contributed by atoms with Crippen LogP contribution in [0, 0.1) is 0 Å². The van der Waals surface area contributed by atoms with Gasteiger partial charge in [0.25, 0.3) is 0 Å². The van der Waals surface area contributed by atoms with E-state index in [1.54, 1.807) is 48.5 Å². The number of nitrogens with zero attached hydrogens (tertiary/aromatic N) is 1. The van der Waals surface area contributed by atoms with Crippen LogP contribution in [0.3, 0.4) is 0 Å². The number of nitrogens with one attached hydrogen (secondary N) is 2. The lowest BCUT2D eigenvalue weighted by Crippen LogP contribution is -2.52. The van der Waals surface area contributed by atoms with Gasteiger partial charge in [-0.1, -0.05) is 54.6 Å². The number of aromatic nitrogens is 1. The van der Waals surface area contributed by atoms with Crippen molar-refractivity contribution in [2.24, 2.45) is 5.73 Å². The minimum absolute atomic E-state index is 0.127. The fourth-order valence-electron chi connectivity index (χ4n) is 3.79. The Bertz CT molecular complexity index is 1500. The third-order valence-electron chi connectivity index (χ3n) is 5.78.